The summed E-state index contributed by atoms with van der Waals surface area (Å²) in [7, 11) is 0. The van der Waals surface area contributed by atoms with Gasteiger partial charge in [-0.1, -0.05) is 265 Å². The lowest BCUT2D eigenvalue weighted by Crippen LogP contribution is -2.30. The normalized spacial score (nSPS) is 12.8. The molecule has 0 aliphatic heterocycles. The highest BCUT2D eigenvalue weighted by Crippen LogP contribution is 2.16. The van der Waals surface area contributed by atoms with Crippen LogP contribution in [0.4, 0.5) is 0 Å². The summed E-state index contributed by atoms with van der Waals surface area (Å²) in [5.41, 5.74) is 0. The average molecular weight is 1060 g/mol. The van der Waals surface area contributed by atoms with E-state index in [1.807, 2.05) is 0 Å². The van der Waals surface area contributed by atoms with E-state index in [9.17, 15) is 14.4 Å². The predicted molar refractivity (Wildman–Crippen MR) is 330 cm³/mol. The van der Waals surface area contributed by atoms with Gasteiger partial charge in [0.15, 0.2) is 6.10 Å². The summed E-state index contributed by atoms with van der Waals surface area (Å²) < 4.78 is 16.8. The van der Waals surface area contributed by atoms with Crippen LogP contribution in [0.2, 0.25) is 0 Å². The highest BCUT2D eigenvalue weighted by atomic mass is 16.6. The maximum Gasteiger partial charge on any atom is 0.306 e. The molecule has 0 N–H and O–H groups in total. The summed E-state index contributed by atoms with van der Waals surface area (Å²) in [6.07, 6.45) is 86.9. The minimum atomic E-state index is -0.784. The molecule has 0 aromatic carbocycles. The summed E-state index contributed by atoms with van der Waals surface area (Å²) in [6, 6.07) is 0. The third-order valence-electron chi connectivity index (χ3n) is 13.5. The van der Waals surface area contributed by atoms with Crippen LogP contribution in [0.3, 0.4) is 0 Å². The monoisotopic (exact) mass is 1050 g/mol. The Morgan fingerprint density at radius 3 is 0.868 bits per heavy atom. The number of carbonyl (C=O) groups is 3. The topological polar surface area (TPSA) is 78.9 Å². The highest BCUT2D eigenvalue weighted by molar-refractivity contribution is 5.71. The van der Waals surface area contributed by atoms with Gasteiger partial charge in [-0.15, -0.1) is 0 Å². The zero-order valence-electron chi connectivity index (χ0n) is 49.7. The first-order chi connectivity index (χ1) is 37.5. The van der Waals surface area contributed by atoms with Crippen LogP contribution in [-0.4, -0.2) is 37.2 Å². The fourth-order valence-corrected chi connectivity index (χ4v) is 8.71. The van der Waals surface area contributed by atoms with E-state index >= 15 is 0 Å². The number of unbranched alkanes of at least 4 members (excludes halogenated alkanes) is 28. The lowest BCUT2D eigenvalue weighted by atomic mass is 10.0. The quantitative estimate of drug-likeness (QED) is 0.0261. The second kappa shape index (κ2) is 63.6. The molecular weight excluding hydrogens is 937 g/mol. The number of carbonyl (C=O) groups excluding carboxylic acids is 3. The van der Waals surface area contributed by atoms with Crippen molar-refractivity contribution in [3.8, 4) is 0 Å². The van der Waals surface area contributed by atoms with Gasteiger partial charge in [0.2, 0.25) is 0 Å². The molecule has 6 heteroatoms. The van der Waals surface area contributed by atoms with Crippen molar-refractivity contribution in [2.24, 2.45) is 0 Å². The number of ether oxygens (including phenoxy) is 3. The molecule has 0 amide bonds. The van der Waals surface area contributed by atoms with Gasteiger partial charge in [-0.2, -0.15) is 0 Å². The van der Waals surface area contributed by atoms with Crippen molar-refractivity contribution in [1.29, 1.82) is 0 Å². The van der Waals surface area contributed by atoms with Crippen LogP contribution in [0.1, 0.15) is 297 Å². The van der Waals surface area contributed by atoms with Gasteiger partial charge in [0.25, 0.3) is 0 Å². The summed E-state index contributed by atoms with van der Waals surface area (Å²) in [4.78, 5) is 38.1. The molecule has 0 aromatic heterocycles. The molecule has 0 saturated carbocycles. The molecule has 0 fully saturated rings. The summed E-state index contributed by atoms with van der Waals surface area (Å²) in [5.74, 6) is -0.899. The minimum absolute atomic E-state index is 0.0830. The molecule has 0 heterocycles. The van der Waals surface area contributed by atoms with Crippen molar-refractivity contribution in [1.82, 2.24) is 0 Å². The molecule has 6 nitrogen and oxygen atoms in total. The van der Waals surface area contributed by atoms with Crippen LogP contribution >= 0.6 is 0 Å². The summed E-state index contributed by atoms with van der Waals surface area (Å²) >= 11 is 0. The van der Waals surface area contributed by atoms with E-state index in [0.717, 1.165) is 128 Å². The average Bonchev–Trinajstić information content (AvgIpc) is 3.42. The Hall–Kier alpha value is -3.93. The maximum atomic E-state index is 12.8. The third-order valence-corrected chi connectivity index (χ3v) is 13.5. The number of rotatable bonds is 57. The van der Waals surface area contributed by atoms with Crippen molar-refractivity contribution in [3.05, 3.63) is 109 Å². The summed E-state index contributed by atoms with van der Waals surface area (Å²) in [6.45, 7) is 6.44. The van der Waals surface area contributed by atoms with Gasteiger partial charge >= 0.3 is 17.9 Å². The molecule has 0 bridgehead atoms. The molecular formula is C70H118O6. The molecule has 76 heavy (non-hydrogen) atoms. The van der Waals surface area contributed by atoms with Crippen LogP contribution in [0, 0.1) is 0 Å². The van der Waals surface area contributed by atoms with Crippen molar-refractivity contribution < 1.29 is 28.6 Å². The smallest absolute Gasteiger partial charge is 0.306 e. The van der Waals surface area contributed by atoms with E-state index in [4.69, 9.17) is 14.2 Å². The molecule has 0 saturated heterocycles. The predicted octanol–water partition coefficient (Wildman–Crippen LogP) is 21.8. The minimum Gasteiger partial charge on any atom is -0.462 e. The molecule has 0 aromatic rings. The molecule has 1 atom stereocenters. The van der Waals surface area contributed by atoms with E-state index in [1.54, 1.807) is 0 Å². The first-order valence-electron chi connectivity index (χ1n) is 31.9. The number of allylic oxidation sites excluding steroid dienone is 18. The van der Waals surface area contributed by atoms with Crippen molar-refractivity contribution in [2.45, 2.75) is 303 Å². The third kappa shape index (κ3) is 60.9. The Kier molecular flexibility index (Phi) is 60.3. The van der Waals surface area contributed by atoms with Crippen molar-refractivity contribution >= 4 is 17.9 Å². The van der Waals surface area contributed by atoms with Crippen LogP contribution in [0.5, 0.6) is 0 Å². The van der Waals surface area contributed by atoms with E-state index in [0.29, 0.717) is 19.3 Å². The number of hydrogen-bond donors (Lipinski definition) is 0. The molecule has 0 rings (SSSR count). The van der Waals surface area contributed by atoms with Gasteiger partial charge in [-0.05, 0) is 122 Å². The van der Waals surface area contributed by atoms with Crippen molar-refractivity contribution in [2.75, 3.05) is 13.2 Å². The Balaban J connectivity index is 4.10. The van der Waals surface area contributed by atoms with Crippen LogP contribution < -0.4 is 0 Å². The van der Waals surface area contributed by atoms with E-state index in [2.05, 4.69) is 130 Å². The molecule has 1 unspecified atom stereocenters. The Morgan fingerprint density at radius 2 is 0.539 bits per heavy atom. The molecule has 434 valence electrons. The van der Waals surface area contributed by atoms with Crippen LogP contribution in [0.15, 0.2) is 109 Å². The lowest BCUT2D eigenvalue weighted by Gasteiger charge is -2.18. The Morgan fingerprint density at radius 1 is 0.276 bits per heavy atom. The molecule has 0 aliphatic carbocycles. The summed E-state index contributed by atoms with van der Waals surface area (Å²) in [5, 5.41) is 0. The highest BCUT2D eigenvalue weighted by Gasteiger charge is 2.19. The number of hydrogen-bond acceptors (Lipinski definition) is 6. The molecule has 0 spiro atoms. The van der Waals surface area contributed by atoms with E-state index < -0.39 is 6.10 Å². The van der Waals surface area contributed by atoms with E-state index in [-0.39, 0.29) is 31.1 Å². The zero-order chi connectivity index (χ0) is 55.0. The lowest BCUT2D eigenvalue weighted by molar-refractivity contribution is -0.167. The van der Waals surface area contributed by atoms with Crippen molar-refractivity contribution in [3.63, 3.8) is 0 Å². The zero-order valence-corrected chi connectivity index (χ0v) is 49.7. The van der Waals surface area contributed by atoms with Gasteiger partial charge in [-0.25, -0.2) is 0 Å². The second-order valence-electron chi connectivity index (χ2n) is 20.9. The van der Waals surface area contributed by atoms with Gasteiger partial charge in [0.1, 0.15) is 13.2 Å². The van der Waals surface area contributed by atoms with Crippen LogP contribution in [0.25, 0.3) is 0 Å². The SMILES string of the molecule is CC/C=C\C/C=C\C/C=C\C/C=C\C/C=C\C/C=C\C/C=C\CCCCCCCCCCCCCCCC(=O)OCC(COC(=O)CCCCCCC/C=C\CCC)OC(=O)CCCCCCC/C=C\CCCCCC. The van der Waals surface area contributed by atoms with Gasteiger partial charge in [0.05, 0.1) is 0 Å². The van der Waals surface area contributed by atoms with Crippen LogP contribution in [-0.2, 0) is 28.6 Å². The number of esters is 3. The molecule has 0 aliphatic rings. The second-order valence-corrected chi connectivity index (χ2v) is 20.9. The standard InChI is InChI=1S/C70H118O6/c1-4-7-10-13-16-19-22-24-25-26-27-28-29-30-31-32-33-34-35-36-37-38-39-40-41-42-43-44-45-47-48-51-54-57-60-63-69(72)75-66-67(65-74-68(71)62-59-56-53-50-21-18-15-12-9-6-3)76-70(73)64-61-58-55-52-49-46-23-20-17-14-11-8-5-2/h7,10,12,15-16,19-20,23-25,27-28,30-31,33-34,36-37,67H,4-6,8-9,11,13-14,17-18,21-22,26,29,32,35,38-66H2,1-3H3/b10-7-,15-12-,19-16-,23-20-,25-24-,28-27-,31-30-,34-33-,37-36-. The van der Waals surface area contributed by atoms with Gasteiger partial charge in [-0.3, -0.25) is 14.4 Å². The largest absolute Gasteiger partial charge is 0.462 e. The van der Waals surface area contributed by atoms with E-state index in [1.165, 1.54) is 128 Å². The first-order valence-corrected chi connectivity index (χ1v) is 31.9. The Labute approximate surface area is 470 Å². The van der Waals surface area contributed by atoms with Gasteiger partial charge < -0.3 is 14.2 Å². The van der Waals surface area contributed by atoms with Gasteiger partial charge in [0, 0.05) is 19.3 Å². The maximum absolute atomic E-state index is 12.8. The fourth-order valence-electron chi connectivity index (χ4n) is 8.71. The fraction of sp³-hybridized carbons (Fsp3) is 0.700. The first kappa shape index (κ1) is 72.1. The molecule has 0 radical (unpaired) electrons. The Bertz CT molecular complexity index is 1540.